The second-order valence-electron chi connectivity index (χ2n) is 5.51. The first kappa shape index (κ1) is 15.6. The molecule has 0 spiro atoms. The van der Waals surface area contributed by atoms with Crippen LogP contribution in [0.4, 0.5) is 21.9 Å². The summed E-state index contributed by atoms with van der Waals surface area (Å²) >= 11 is 0. The number of fused-ring (bicyclic) bond motifs is 1. The van der Waals surface area contributed by atoms with Crippen LogP contribution in [0.1, 0.15) is 6.92 Å². The number of aryl methyl sites for hydroxylation is 1. The van der Waals surface area contributed by atoms with Gasteiger partial charge in [-0.3, -0.25) is 4.79 Å². The van der Waals surface area contributed by atoms with Crippen molar-refractivity contribution in [1.29, 1.82) is 0 Å². The van der Waals surface area contributed by atoms with E-state index in [1.165, 1.54) is 6.92 Å². The molecule has 6 heteroatoms. The third-order valence-corrected chi connectivity index (χ3v) is 3.59. The van der Waals surface area contributed by atoms with Crippen LogP contribution in [0.5, 0.6) is 0 Å². The molecule has 24 heavy (non-hydrogen) atoms. The summed E-state index contributed by atoms with van der Waals surface area (Å²) in [6.07, 6.45) is 1.87. The van der Waals surface area contributed by atoms with Gasteiger partial charge in [0.25, 0.3) is 0 Å². The van der Waals surface area contributed by atoms with Crippen molar-refractivity contribution in [2.75, 3.05) is 16.0 Å². The van der Waals surface area contributed by atoms with Crippen molar-refractivity contribution in [2.45, 2.75) is 6.92 Å². The standard InChI is InChI=1S/C18H18N4O2/c1-12(23)19-13-6-5-7-14(10-13)20-18(24)21-16-11-22(2)17-9-4-3-8-15(16)17/h3-11H,1-2H3,(H,19,23)(H2,20,21,24). The maximum absolute atomic E-state index is 12.2. The van der Waals surface area contributed by atoms with Gasteiger partial charge in [0.15, 0.2) is 0 Å². The van der Waals surface area contributed by atoms with Gasteiger partial charge in [-0.05, 0) is 24.3 Å². The lowest BCUT2D eigenvalue weighted by molar-refractivity contribution is -0.114. The minimum atomic E-state index is -0.341. The van der Waals surface area contributed by atoms with Crippen LogP contribution in [-0.2, 0) is 11.8 Å². The summed E-state index contributed by atoms with van der Waals surface area (Å²) in [4.78, 5) is 23.4. The van der Waals surface area contributed by atoms with E-state index < -0.39 is 0 Å². The average Bonchev–Trinajstić information content (AvgIpc) is 2.83. The number of hydrogen-bond donors (Lipinski definition) is 3. The van der Waals surface area contributed by atoms with E-state index in [2.05, 4.69) is 16.0 Å². The van der Waals surface area contributed by atoms with E-state index >= 15 is 0 Å². The number of rotatable bonds is 3. The Morgan fingerprint density at radius 1 is 0.917 bits per heavy atom. The highest BCUT2D eigenvalue weighted by Gasteiger charge is 2.09. The number of anilines is 3. The SMILES string of the molecule is CC(=O)Nc1cccc(NC(=O)Nc2cn(C)c3ccccc23)c1. The van der Waals surface area contributed by atoms with Crippen LogP contribution in [0.2, 0.25) is 0 Å². The normalized spacial score (nSPS) is 10.4. The highest BCUT2D eigenvalue weighted by molar-refractivity contribution is 6.06. The molecule has 0 aliphatic heterocycles. The molecule has 0 fully saturated rings. The minimum absolute atomic E-state index is 0.160. The Morgan fingerprint density at radius 3 is 2.38 bits per heavy atom. The maximum atomic E-state index is 12.2. The van der Waals surface area contributed by atoms with Crippen LogP contribution in [0, 0.1) is 0 Å². The number of nitrogens with zero attached hydrogens (tertiary/aromatic N) is 1. The number of benzene rings is 2. The molecule has 3 N–H and O–H groups in total. The zero-order chi connectivity index (χ0) is 17.1. The van der Waals surface area contributed by atoms with Gasteiger partial charge in [-0.25, -0.2) is 4.79 Å². The van der Waals surface area contributed by atoms with Gasteiger partial charge in [0.1, 0.15) is 0 Å². The summed E-state index contributed by atoms with van der Waals surface area (Å²) in [5.41, 5.74) is 3.01. The molecule has 0 aliphatic rings. The molecule has 0 atom stereocenters. The first-order valence-electron chi connectivity index (χ1n) is 7.52. The third kappa shape index (κ3) is 3.38. The summed E-state index contributed by atoms with van der Waals surface area (Å²) in [5.74, 6) is -0.160. The molecule has 2 aromatic carbocycles. The van der Waals surface area contributed by atoms with Gasteiger partial charge in [0.2, 0.25) is 5.91 Å². The number of carbonyl (C=O) groups is 2. The molecule has 0 aliphatic carbocycles. The van der Waals surface area contributed by atoms with Crippen molar-refractivity contribution in [3.8, 4) is 0 Å². The van der Waals surface area contributed by atoms with Crippen molar-refractivity contribution in [3.63, 3.8) is 0 Å². The van der Waals surface area contributed by atoms with E-state index in [1.807, 2.05) is 42.1 Å². The van der Waals surface area contributed by atoms with Gasteiger partial charge in [-0.2, -0.15) is 0 Å². The number of nitrogens with one attached hydrogen (secondary N) is 3. The average molecular weight is 322 g/mol. The number of amides is 3. The molecule has 3 rings (SSSR count). The van der Waals surface area contributed by atoms with Gasteiger partial charge in [-0.15, -0.1) is 0 Å². The molecule has 0 saturated heterocycles. The van der Waals surface area contributed by atoms with Crippen molar-refractivity contribution in [2.24, 2.45) is 7.05 Å². The first-order chi connectivity index (χ1) is 11.5. The van der Waals surface area contributed by atoms with E-state index in [0.717, 1.165) is 16.6 Å². The summed E-state index contributed by atoms with van der Waals surface area (Å²) in [7, 11) is 1.93. The largest absolute Gasteiger partial charge is 0.348 e. The van der Waals surface area contributed by atoms with E-state index in [9.17, 15) is 9.59 Å². The Labute approximate surface area is 139 Å². The molecular weight excluding hydrogens is 304 g/mol. The van der Waals surface area contributed by atoms with Crippen molar-refractivity contribution < 1.29 is 9.59 Å². The minimum Gasteiger partial charge on any atom is -0.348 e. The highest BCUT2D eigenvalue weighted by Crippen LogP contribution is 2.25. The molecule has 0 unspecified atom stereocenters. The Hall–Kier alpha value is -3.28. The predicted octanol–water partition coefficient (Wildman–Crippen LogP) is 3.78. The number of para-hydroxylation sites is 1. The Kier molecular flexibility index (Phi) is 4.20. The summed E-state index contributed by atoms with van der Waals surface area (Å²) < 4.78 is 1.96. The van der Waals surface area contributed by atoms with Crippen molar-refractivity contribution in [1.82, 2.24) is 4.57 Å². The Balaban J connectivity index is 1.74. The van der Waals surface area contributed by atoms with Crippen LogP contribution in [-0.4, -0.2) is 16.5 Å². The summed E-state index contributed by atoms with van der Waals surface area (Å²) in [5, 5.41) is 9.28. The van der Waals surface area contributed by atoms with E-state index in [1.54, 1.807) is 24.3 Å². The quantitative estimate of drug-likeness (QED) is 0.686. The molecule has 1 heterocycles. The molecule has 3 aromatic rings. The second kappa shape index (κ2) is 6.45. The van der Waals surface area contributed by atoms with E-state index in [0.29, 0.717) is 11.4 Å². The van der Waals surface area contributed by atoms with Crippen LogP contribution in [0.15, 0.2) is 54.7 Å². The molecule has 0 saturated carbocycles. The summed E-state index contributed by atoms with van der Waals surface area (Å²) in [6.45, 7) is 1.44. The van der Waals surface area contributed by atoms with Gasteiger partial charge >= 0.3 is 6.03 Å². The third-order valence-electron chi connectivity index (χ3n) is 3.59. The van der Waals surface area contributed by atoms with Crippen LogP contribution >= 0.6 is 0 Å². The summed E-state index contributed by atoms with van der Waals surface area (Å²) in [6, 6.07) is 14.5. The molecular formula is C18H18N4O2. The Morgan fingerprint density at radius 2 is 1.62 bits per heavy atom. The van der Waals surface area contributed by atoms with E-state index in [-0.39, 0.29) is 11.9 Å². The zero-order valence-electron chi connectivity index (χ0n) is 13.5. The van der Waals surface area contributed by atoms with Gasteiger partial charge < -0.3 is 20.5 Å². The van der Waals surface area contributed by atoms with Crippen molar-refractivity contribution >= 4 is 39.9 Å². The number of hydrogen-bond acceptors (Lipinski definition) is 2. The smallest absolute Gasteiger partial charge is 0.323 e. The molecule has 0 bridgehead atoms. The monoisotopic (exact) mass is 322 g/mol. The van der Waals surface area contributed by atoms with Crippen molar-refractivity contribution in [3.05, 3.63) is 54.7 Å². The van der Waals surface area contributed by atoms with Crippen LogP contribution in [0.3, 0.4) is 0 Å². The molecule has 122 valence electrons. The van der Waals surface area contributed by atoms with E-state index in [4.69, 9.17) is 0 Å². The lowest BCUT2D eigenvalue weighted by atomic mass is 10.2. The second-order valence-corrected chi connectivity index (χ2v) is 5.51. The highest BCUT2D eigenvalue weighted by atomic mass is 16.2. The number of carbonyl (C=O) groups excluding carboxylic acids is 2. The predicted molar refractivity (Wildman–Crippen MR) is 96.3 cm³/mol. The number of aromatic nitrogens is 1. The molecule has 6 nitrogen and oxygen atoms in total. The lowest BCUT2D eigenvalue weighted by Crippen LogP contribution is -2.19. The molecule has 1 aromatic heterocycles. The van der Waals surface area contributed by atoms with Crippen LogP contribution in [0.25, 0.3) is 10.9 Å². The fraction of sp³-hybridized carbons (Fsp3) is 0.111. The molecule has 0 radical (unpaired) electrons. The van der Waals surface area contributed by atoms with Gasteiger partial charge in [0.05, 0.1) is 5.69 Å². The Bertz CT molecular complexity index is 914. The lowest BCUT2D eigenvalue weighted by Gasteiger charge is -2.09. The topological polar surface area (TPSA) is 75.2 Å². The molecule has 3 amide bonds. The fourth-order valence-electron chi connectivity index (χ4n) is 2.60. The van der Waals surface area contributed by atoms with Gasteiger partial charge in [-0.1, -0.05) is 24.3 Å². The number of urea groups is 1. The fourth-order valence-corrected chi connectivity index (χ4v) is 2.60. The van der Waals surface area contributed by atoms with Gasteiger partial charge in [0, 0.05) is 42.4 Å². The zero-order valence-corrected chi connectivity index (χ0v) is 13.5. The first-order valence-corrected chi connectivity index (χ1v) is 7.52. The van der Waals surface area contributed by atoms with Crippen LogP contribution < -0.4 is 16.0 Å². The maximum Gasteiger partial charge on any atom is 0.323 e.